The highest BCUT2D eigenvalue weighted by atomic mass is 32.2. The molecule has 2 heteroatoms. The number of benzene rings is 1. The van der Waals surface area contributed by atoms with E-state index in [2.05, 4.69) is 26.0 Å². The molecule has 0 aliphatic carbocycles. The summed E-state index contributed by atoms with van der Waals surface area (Å²) in [6.45, 7) is 7.04. The van der Waals surface area contributed by atoms with Crippen LogP contribution >= 0.6 is 11.8 Å². The van der Waals surface area contributed by atoms with E-state index in [0.29, 0.717) is 0 Å². The Hall–Kier alpha value is -0.630. The minimum absolute atomic E-state index is 0.735. The highest BCUT2D eigenvalue weighted by Gasteiger charge is 2.00. The molecule has 0 amide bonds. The maximum atomic E-state index is 5.43. The van der Waals surface area contributed by atoms with E-state index in [-0.39, 0.29) is 0 Å². The van der Waals surface area contributed by atoms with Crippen LogP contribution in [-0.2, 0) is 0 Å². The summed E-state index contributed by atoms with van der Waals surface area (Å²) < 4.78 is 5.43. The molecule has 0 spiro atoms. The van der Waals surface area contributed by atoms with Crippen molar-refractivity contribution in [2.75, 3.05) is 12.4 Å². The van der Waals surface area contributed by atoms with Crippen molar-refractivity contribution in [3.8, 4) is 5.75 Å². The van der Waals surface area contributed by atoms with Crippen LogP contribution in [0.15, 0.2) is 23.1 Å². The molecule has 0 atom stereocenters. The Morgan fingerprint density at radius 3 is 2.69 bits per heavy atom. The molecule has 0 saturated carbocycles. The maximum Gasteiger partial charge on any atom is 0.120 e. The predicted molar refractivity (Wildman–Crippen MR) is 58.7 cm³/mol. The monoisotopic (exact) mass is 196 g/mol. The third kappa shape index (κ3) is 2.96. The molecular weight excluding hydrogens is 180 g/mol. The van der Waals surface area contributed by atoms with Gasteiger partial charge in [0.1, 0.15) is 5.75 Å². The fourth-order valence-corrected chi connectivity index (χ4v) is 1.95. The van der Waals surface area contributed by atoms with Gasteiger partial charge in [0.2, 0.25) is 0 Å². The van der Waals surface area contributed by atoms with Gasteiger partial charge in [-0.15, -0.1) is 11.8 Å². The van der Waals surface area contributed by atoms with Crippen molar-refractivity contribution in [2.24, 2.45) is 0 Å². The molecule has 0 bridgehead atoms. The summed E-state index contributed by atoms with van der Waals surface area (Å²) in [4.78, 5) is 1.33. The van der Waals surface area contributed by atoms with Gasteiger partial charge in [0.05, 0.1) is 6.61 Å². The van der Waals surface area contributed by atoms with E-state index in [1.54, 1.807) is 0 Å². The largest absolute Gasteiger partial charge is 0.494 e. The zero-order valence-corrected chi connectivity index (χ0v) is 9.28. The van der Waals surface area contributed by atoms with Crippen molar-refractivity contribution in [2.45, 2.75) is 25.7 Å². The van der Waals surface area contributed by atoms with Crippen LogP contribution < -0.4 is 4.74 Å². The number of rotatable bonds is 4. The van der Waals surface area contributed by atoms with Gasteiger partial charge < -0.3 is 4.74 Å². The lowest BCUT2D eigenvalue weighted by molar-refractivity contribution is 0.339. The van der Waals surface area contributed by atoms with Crippen molar-refractivity contribution in [3.63, 3.8) is 0 Å². The molecule has 0 saturated heterocycles. The van der Waals surface area contributed by atoms with E-state index in [1.165, 1.54) is 10.5 Å². The first-order chi connectivity index (χ1) is 6.27. The summed E-state index contributed by atoms with van der Waals surface area (Å²) in [5, 5.41) is 0. The van der Waals surface area contributed by atoms with Crippen molar-refractivity contribution < 1.29 is 4.74 Å². The Kier molecular flexibility index (Phi) is 4.16. The van der Waals surface area contributed by atoms with E-state index >= 15 is 0 Å². The number of thioether (sulfide) groups is 1. The minimum atomic E-state index is 0.735. The third-order valence-electron chi connectivity index (χ3n) is 1.77. The molecule has 0 radical (unpaired) electrons. The van der Waals surface area contributed by atoms with Crippen LogP contribution in [0.1, 0.15) is 19.4 Å². The standard InChI is InChI=1S/C11H16OS/c1-4-12-10-7-6-9(3)11(8-10)13-5-2/h6-8H,4-5H2,1-3H3. The van der Waals surface area contributed by atoms with Gasteiger partial charge in [-0.3, -0.25) is 0 Å². The van der Waals surface area contributed by atoms with Crippen LogP contribution in [0, 0.1) is 6.92 Å². The molecular formula is C11H16OS. The highest BCUT2D eigenvalue weighted by Crippen LogP contribution is 2.26. The van der Waals surface area contributed by atoms with E-state index in [4.69, 9.17) is 4.74 Å². The van der Waals surface area contributed by atoms with Crippen LogP contribution in [0.3, 0.4) is 0 Å². The van der Waals surface area contributed by atoms with Crippen LogP contribution in [0.5, 0.6) is 5.75 Å². The first-order valence-electron chi connectivity index (χ1n) is 4.64. The summed E-state index contributed by atoms with van der Waals surface area (Å²) >= 11 is 1.86. The quantitative estimate of drug-likeness (QED) is 0.682. The number of aryl methyl sites for hydroxylation is 1. The minimum Gasteiger partial charge on any atom is -0.494 e. The molecule has 0 unspecified atom stereocenters. The van der Waals surface area contributed by atoms with Crippen LogP contribution in [0.25, 0.3) is 0 Å². The molecule has 0 fully saturated rings. The average molecular weight is 196 g/mol. The topological polar surface area (TPSA) is 9.23 Å². The molecule has 1 rings (SSSR count). The van der Waals surface area contributed by atoms with Gasteiger partial charge in [0.15, 0.2) is 0 Å². The smallest absolute Gasteiger partial charge is 0.120 e. The summed E-state index contributed by atoms with van der Waals surface area (Å²) in [6, 6.07) is 6.26. The molecule has 0 aromatic heterocycles. The number of ether oxygens (including phenoxy) is 1. The maximum absolute atomic E-state index is 5.43. The van der Waals surface area contributed by atoms with Gasteiger partial charge in [-0.25, -0.2) is 0 Å². The normalized spacial score (nSPS) is 10.1. The van der Waals surface area contributed by atoms with Crippen LogP contribution in [-0.4, -0.2) is 12.4 Å². The summed E-state index contributed by atoms with van der Waals surface area (Å²) in [5.41, 5.74) is 1.33. The molecule has 1 aromatic carbocycles. The predicted octanol–water partition coefficient (Wildman–Crippen LogP) is 3.51. The molecule has 72 valence electrons. The fraction of sp³-hybridized carbons (Fsp3) is 0.455. The fourth-order valence-electron chi connectivity index (χ4n) is 1.15. The molecule has 0 heterocycles. The molecule has 0 N–H and O–H groups in total. The summed E-state index contributed by atoms with van der Waals surface area (Å²) in [7, 11) is 0. The molecule has 13 heavy (non-hydrogen) atoms. The molecule has 1 aromatic rings. The molecule has 1 nitrogen and oxygen atoms in total. The SMILES string of the molecule is CCOc1ccc(C)c(SCC)c1. The van der Waals surface area contributed by atoms with Gasteiger partial charge in [0.25, 0.3) is 0 Å². The lowest BCUT2D eigenvalue weighted by atomic mass is 10.2. The average Bonchev–Trinajstić information content (AvgIpc) is 2.12. The van der Waals surface area contributed by atoms with Crippen LogP contribution in [0.4, 0.5) is 0 Å². The van der Waals surface area contributed by atoms with Crippen molar-refractivity contribution >= 4 is 11.8 Å². The first kappa shape index (κ1) is 10.5. The lowest BCUT2D eigenvalue weighted by Crippen LogP contribution is -1.92. The number of hydrogen-bond acceptors (Lipinski definition) is 2. The van der Waals surface area contributed by atoms with Gasteiger partial charge in [-0.1, -0.05) is 13.0 Å². The Labute approximate surface area is 84.5 Å². The lowest BCUT2D eigenvalue weighted by Gasteiger charge is -2.07. The van der Waals surface area contributed by atoms with E-state index in [0.717, 1.165) is 18.1 Å². The second-order valence-corrected chi connectivity index (χ2v) is 4.10. The number of hydrogen-bond donors (Lipinski definition) is 0. The Morgan fingerprint density at radius 2 is 2.08 bits per heavy atom. The van der Waals surface area contributed by atoms with E-state index < -0.39 is 0 Å². The Morgan fingerprint density at radius 1 is 1.31 bits per heavy atom. The van der Waals surface area contributed by atoms with Gasteiger partial charge in [0, 0.05) is 4.90 Å². The second kappa shape index (κ2) is 5.18. The zero-order valence-electron chi connectivity index (χ0n) is 8.46. The zero-order chi connectivity index (χ0) is 9.68. The van der Waals surface area contributed by atoms with E-state index in [9.17, 15) is 0 Å². The van der Waals surface area contributed by atoms with Gasteiger partial charge in [-0.05, 0) is 37.3 Å². The van der Waals surface area contributed by atoms with Gasteiger partial charge >= 0.3 is 0 Å². The van der Waals surface area contributed by atoms with Crippen molar-refractivity contribution in [1.82, 2.24) is 0 Å². The van der Waals surface area contributed by atoms with E-state index in [1.807, 2.05) is 24.8 Å². The third-order valence-corrected chi connectivity index (χ3v) is 2.81. The van der Waals surface area contributed by atoms with Gasteiger partial charge in [-0.2, -0.15) is 0 Å². The Balaban J connectivity index is 2.83. The van der Waals surface area contributed by atoms with Crippen molar-refractivity contribution in [3.05, 3.63) is 23.8 Å². The van der Waals surface area contributed by atoms with Crippen molar-refractivity contribution in [1.29, 1.82) is 0 Å². The summed E-state index contributed by atoms with van der Waals surface area (Å²) in [5.74, 6) is 2.08. The second-order valence-electron chi connectivity index (χ2n) is 2.79. The highest BCUT2D eigenvalue weighted by molar-refractivity contribution is 7.99. The first-order valence-corrected chi connectivity index (χ1v) is 5.62. The molecule has 0 aliphatic heterocycles. The van der Waals surface area contributed by atoms with Crippen LogP contribution in [0.2, 0.25) is 0 Å². The Bertz CT molecular complexity index is 271. The molecule has 0 aliphatic rings. The summed E-state index contributed by atoms with van der Waals surface area (Å²) in [6.07, 6.45) is 0.